The summed E-state index contributed by atoms with van der Waals surface area (Å²) < 4.78 is 5.66. The number of hydrogen-bond acceptors (Lipinski definition) is 3. The van der Waals surface area contributed by atoms with Crippen molar-refractivity contribution < 1.29 is 4.74 Å². The van der Waals surface area contributed by atoms with Gasteiger partial charge in [0.2, 0.25) is 0 Å². The van der Waals surface area contributed by atoms with Gasteiger partial charge in [-0.25, -0.2) is 0 Å². The summed E-state index contributed by atoms with van der Waals surface area (Å²) >= 11 is 0. The summed E-state index contributed by atoms with van der Waals surface area (Å²) in [6, 6.07) is 0.518. The summed E-state index contributed by atoms with van der Waals surface area (Å²) in [6.07, 6.45) is 4.90. The van der Waals surface area contributed by atoms with E-state index in [1.807, 2.05) is 7.11 Å². The van der Waals surface area contributed by atoms with Crippen LogP contribution in [0.4, 0.5) is 0 Å². The maximum Gasteiger partial charge on any atom is 0.0777 e. The molecule has 1 aliphatic rings. The van der Waals surface area contributed by atoms with Crippen LogP contribution in [0.5, 0.6) is 0 Å². The third-order valence-corrected chi connectivity index (χ3v) is 4.29. The molecule has 1 rings (SSSR count). The van der Waals surface area contributed by atoms with Gasteiger partial charge in [0, 0.05) is 26.2 Å². The molecule has 3 nitrogen and oxygen atoms in total. The highest BCUT2D eigenvalue weighted by Gasteiger charge is 2.34. The highest BCUT2D eigenvalue weighted by Crippen LogP contribution is 2.27. The van der Waals surface area contributed by atoms with Crippen LogP contribution in [-0.4, -0.2) is 43.3 Å². The van der Waals surface area contributed by atoms with Crippen LogP contribution in [0.3, 0.4) is 0 Å². The normalized spacial score (nSPS) is 30.2. The third-order valence-electron chi connectivity index (χ3n) is 4.29. The van der Waals surface area contributed by atoms with Gasteiger partial charge in [-0.3, -0.25) is 4.90 Å². The fourth-order valence-corrected chi connectivity index (χ4v) is 3.08. The van der Waals surface area contributed by atoms with Gasteiger partial charge in [-0.15, -0.1) is 0 Å². The van der Waals surface area contributed by atoms with E-state index in [0.29, 0.717) is 12.0 Å². The van der Waals surface area contributed by atoms with Gasteiger partial charge in [-0.2, -0.15) is 0 Å². The second-order valence-electron chi connectivity index (χ2n) is 5.80. The summed E-state index contributed by atoms with van der Waals surface area (Å²) in [4.78, 5) is 2.55. The maximum atomic E-state index is 5.98. The van der Waals surface area contributed by atoms with Crippen molar-refractivity contribution in [2.24, 2.45) is 11.7 Å². The van der Waals surface area contributed by atoms with Crippen molar-refractivity contribution in [2.45, 2.75) is 58.1 Å². The number of hydrogen-bond donors (Lipinski definition) is 1. The van der Waals surface area contributed by atoms with Gasteiger partial charge >= 0.3 is 0 Å². The topological polar surface area (TPSA) is 38.5 Å². The van der Waals surface area contributed by atoms with Crippen LogP contribution in [0.2, 0.25) is 0 Å². The molecule has 0 amide bonds. The summed E-state index contributed by atoms with van der Waals surface area (Å²) in [6.45, 7) is 9.77. The summed E-state index contributed by atoms with van der Waals surface area (Å²) in [7, 11) is 1.83. The SMILES string of the molecule is CCCC(C)C(CN)N1CCCC(C)(OC)C1. The average Bonchev–Trinajstić information content (AvgIpc) is 2.30. The molecular formula is C14H30N2O. The van der Waals surface area contributed by atoms with Crippen molar-refractivity contribution >= 4 is 0 Å². The predicted molar refractivity (Wildman–Crippen MR) is 73.1 cm³/mol. The highest BCUT2D eigenvalue weighted by molar-refractivity contribution is 4.89. The molecular weight excluding hydrogens is 212 g/mol. The molecule has 1 fully saturated rings. The van der Waals surface area contributed by atoms with Crippen LogP contribution in [0.15, 0.2) is 0 Å². The van der Waals surface area contributed by atoms with E-state index in [4.69, 9.17) is 10.5 Å². The first kappa shape index (κ1) is 14.9. The lowest BCUT2D eigenvalue weighted by molar-refractivity contribution is -0.0659. The summed E-state index contributed by atoms with van der Waals surface area (Å²) in [5, 5.41) is 0. The van der Waals surface area contributed by atoms with Crippen molar-refractivity contribution in [2.75, 3.05) is 26.7 Å². The van der Waals surface area contributed by atoms with E-state index in [0.717, 1.165) is 13.1 Å². The molecule has 2 N–H and O–H groups in total. The van der Waals surface area contributed by atoms with E-state index in [2.05, 4.69) is 25.7 Å². The van der Waals surface area contributed by atoms with Crippen LogP contribution in [0, 0.1) is 5.92 Å². The monoisotopic (exact) mass is 242 g/mol. The zero-order valence-corrected chi connectivity index (χ0v) is 12.0. The Morgan fingerprint density at radius 2 is 2.18 bits per heavy atom. The zero-order valence-electron chi connectivity index (χ0n) is 12.0. The quantitative estimate of drug-likeness (QED) is 0.776. The molecule has 1 aliphatic heterocycles. The molecule has 0 bridgehead atoms. The minimum atomic E-state index is 0.0254. The smallest absolute Gasteiger partial charge is 0.0777 e. The van der Waals surface area contributed by atoms with Crippen molar-refractivity contribution in [3.63, 3.8) is 0 Å². The molecule has 1 saturated heterocycles. The van der Waals surface area contributed by atoms with Gasteiger partial charge in [0.05, 0.1) is 5.60 Å². The number of nitrogens with zero attached hydrogens (tertiary/aromatic N) is 1. The Kier molecular flexibility index (Phi) is 5.90. The fraction of sp³-hybridized carbons (Fsp3) is 1.00. The first-order valence-electron chi connectivity index (χ1n) is 7.05. The Hall–Kier alpha value is -0.120. The first-order valence-corrected chi connectivity index (χ1v) is 7.05. The molecule has 0 radical (unpaired) electrons. The summed E-state index contributed by atoms with van der Waals surface area (Å²) in [5.41, 5.74) is 6.01. The molecule has 0 aromatic rings. The molecule has 0 spiro atoms. The van der Waals surface area contributed by atoms with E-state index < -0.39 is 0 Å². The first-order chi connectivity index (χ1) is 8.06. The number of likely N-dealkylation sites (tertiary alicyclic amines) is 1. The van der Waals surface area contributed by atoms with Crippen molar-refractivity contribution in [1.82, 2.24) is 4.90 Å². The molecule has 0 aromatic heterocycles. The largest absolute Gasteiger partial charge is 0.377 e. The number of methoxy groups -OCH3 is 1. The van der Waals surface area contributed by atoms with E-state index in [1.54, 1.807) is 0 Å². The zero-order chi connectivity index (χ0) is 12.9. The maximum absolute atomic E-state index is 5.98. The second-order valence-corrected chi connectivity index (χ2v) is 5.80. The lowest BCUT2D eigenvalue weighted by atomic mass is 9.89. The van der Waals surface area contributed by atoms with Gasteiger partial charge < -0.3 is 10.5 Å². The molecule has 0 saturated carbocycles. The molecule has 3 heteroatoms. The number of nitrogens with two attached hydrogens (primary N) is 1. The standard InChI is InChI=1S/C14H30N2O/c1-5-7-12(2)13(10-15)16-9-6-8-14(3,11-16)17-4/h12-13H,5-11,15H2,1-4H3. The Bertz CT molecular complexity index is 222. The molecule has 17 heavy (non-hydrogen) atoms. The van der Waals surface area contributed by atoms with E-state index >= 15 is 0 Å². The van der Waals surface area contributed by atoms with Gasteiger partial charge in [0.25, 0.3) is 0 Å². The van der Waals surface area contributed by atoms with Crippen molar-refractivity contribution in [3.8, 4) is 0 Å². The highest BCUT2D eigenvalue weighted by atomic mass is 16.5. The summed E-state index contributed by atoms with van der Waals surface area (Å²) in [5.74, 6) is 0.684. The minimum Gasteiger partial charge on any atom is -0.377 e. The third kappa shape index (κ3) is 3.94. The molecule has 0 aliphatic carbocycles. The molecule has 0 aromatic carbocycles. The Labute approximate surface area is 107 Å². The van der Waals surface area contributed by atoms with E-state index in [1.165, 1.54) is 32.2 Å². The van der Waals surface area contributed by atoms with Gasteiger partial charge in [-0.05, 0) is 38.6 Å². The van der Waals surface area contributed by atoms with Gasteiger partial charge in [0.1, 0.15) is 0 Å². The Balaban J connectivity index is 2.62. The van der Waals surface area contributed by atoms with Crippen molar-refractivity contribution in [1.29, 1.82) is 0 Å². The Morgan fingerprint density at radius 3 is 2.71 bits per heavy atom. The lowest BCUT2D eigenvalue weighted by Gasteiger charge is -2.44. The lowest BCUT2D eigenvalue weighted by Crippen LogP contribution is -2.55. The molecule has 3 unspecified atom stereocenters. The van der Waals surface area contributed by atoms with Crippen LogP contribution in [-0.2, 0) is 4.74 Å². The molecule has 1 heterocycles. The van der Waals surface area contributed by atoms with Crippen LogP contribution < -0.4 is 5.73 Å². The number of ether oxygens (including phenoxy) is 1. The van der Waals surface area contributed by atoms with Crippen LogP contribution >= 0.6 is 0 Å². The van der Waals surface area contributed by atoms with E-state index in [-0.39, 0.29) is 5.60 Å². The van der Waals surface area contributed by atoms with Crippen molar-refractivity contribution in [3.05, 3.63) is 0 Å². The van der Waals surface area contributed by atoms with Crippen LogP contribution in [0.1, 0.15) is 46.5 Å². The molecule has 3 atom stereocenters. The van der Waals surface area contributed by atoms with E-state index in [9.17, 15) is 0 Å². The second kappa shape index (κ2) is 6.72. The average molecular weight is 242 g/mol. The van der Waals surface area contributed by atoms with Gasteiger partial charge in [-0.1, -0.05) is 20.3 Å². The predicted octanol–water partition coefficient (Wildman–Crippen LogP) is 2.25. The van der Waals surface area contributed by atoms with Gasteiger partial charge in [0.15, 0.2) is 0 Å². The number of rotatable bonds is 6. The number of piperidine rings is 1. The fourth-order valence-electron chi connectivity index (χ4n) is 3.08. The Morgan fingerprint density at radius 1 is 1.47 bits per heavy atom. The minimum absolute atomic E-state index is 0.0254. The molecule has 102 valence electrons. The van der Waals surface area contributed by atoms with Crippen LogP contribution in [0.25, 0.3) is 0 Å².